The quantitative estimate of drug-likeness (QED) is 0.924. The zero-order valence-electron chi connectivity index (χ0n) is 11.8. The predicted octanol–water partition coefficient (Wildman–Crippen LogP) is 2.25. The van der Waals surface area contributed by atoms with E-state index >= 15 is 0 Å². The molecule has 3 nitrogen and oxygen atoms in total. The first-order chi connectivity index (χ1) is 9.34. The van der Waals surface area contributed by atoms with E-state index in [0.29, 0.717) is 11.9 Å². The van der Waals surface area contributed by atoms with Gasteiger partial charge in [0.1, 0.15) is 0 Å². The Morgan fingerprint density at radius 3 is 2.65 bits per heavy atom. The van der Waals surface area contributed by atoms with Gasteiger partial charge < -0.3 is 10.2 Å². The number of likely N-dealkylation sites (tertiary alicyclic amines) is 1. The molecule has 0 radical (unpaired) electrons. The van der Waals surface area contributed by atoms with Gasteiger partial charge in [-0.3, -0.25) is 4.79 Å². The zero-order valence-corrected chi connectivity index (χ0v) is 12.6. The maximum atomic E-state index is 12.3. The summed E-state index contributed by atoms with van der Waals surface area (Å²) < 4.78 is 0. The lowest BCUT2D eigenvalue weighted by molar-refractivity contribution is -0.138. The number of halogens is 1. The summed E-state index contributed by atoms with van der Waals surface area (Å²) in [5, 5.41) is 3.19. The number of nitrogens with one attached hydrogen (secondary N) is 1. The summed E-state index contributed by atoms with van der Waals surface area (Å²) >= 11 is 0. The Morgan fingerprint density at radius 2 is 2.00 bits per heavy atom. The first kappa shape index (κ1) is 15.3. The Morgan fingerprint density at radius 1 is 1.25 bits per heavy atom. The maximum Gasteiger partial charge on any atom is 0.228 e. The summed E-state index contributed by atoms with van der Waals surface area (Å²) in [5.74, 6) is 0.631. The van der Waals surface area contributed by atoms with Crippen LogP contribution in [0.5, 0.6) is 0 Å². The lowest BCUT2D eigenvalue weighted by atomic mass is 9.99. The predicted molar refractivity (Wildman–Crippen MR) is 83.1 cm³/mol. The average molecular weight is 295 g/mol. The SMILES string of the molecule is Cl.O=C(C1CNC1)N1CCCC1CCc1ccccc1. The summed E-state index contributed by atoms with van der Waals surface area (Å²) in [6.45, 7) is 2.72. The van der Waals surface area contributed by atoms with Gasteiger partial charge in [-0.25, -0.2) is 0 Å². The van der Waals surface area contributed by atoms with Gasteiger partial charge in [-0.15, -0.1) is 12.4 Å². The standard InChI is InChI=1S/C16H22N2O.ClH/c19-16(14-11-17-12-14)18-10-4-7-15(18)9-8-13-5-2-1-3-6-13;/h1-3,5-6,14-15,17H,4,7-12H2;1H. The highest BCUT2D eigenvalue weighted by Gasteiger charge is 2.35. The van der Waals surface area contributed by atoms with Gasteiger partial charge >= 0.3 is 0 Å². The lowest BCUT2D eigenvalue weighted by Crippen LogP contribution is -2.53. The number of carbonyl (C=O) groups is 1. The minimum absolute atomic E-state index is 0. The third-order valence-corrected chi connectivity index (χ3v) is 4.40. The summed E-state index contributed by atoms with van der Waals surface area (Å²) in [4.78, 5) is 14.5. The molecule has 2 saturated heterocycles. The van der Waals surface area contributed by atoms with Gasteiger partial charge in [0.15, 0.2) is 0 Å². The molecule has 1 aromatic carbocycles. The molecule has 2 heterocycles. The molecule has 110 valence electrons. The van der Waals surface area contributed by atoms with Crippen LogP contribution in [-0.2, 0) is 11.2 Å². The van der Waals surface area contributed by atoms with Gasteiger partial charge in [-0.2, -0.15) is 0 Å². The highest BCUT2D eigenvalue weighted by molar-refractivity contribution is 5.85. The van der Waals surface area contributed by atoms with E-state index in [1.165, 1.54) is 18.4 Å². The monoisotopic (exact) mass is 294 g/mol. The van der Waals surface area contributed by atoms with Crippen molar-refractivity contribution in [2.75, 3.05) is 19.6 Å². The number of carbonyl (C=O) groups excluding carboxylic acids is 1. The molecule has 3 rings (SSSR count). The van der Waals surface area contributed by atoms with E-state index in [1.807, 2.05) is 0 Å². The number of rotatable bonds is 4. The van der Waals surface area contributed by atoms with Gasteiger partial charge in [0.25, 0.3) is 0 Å². The van der Waals surface area contributed by atoms with E-state index < -0.39 is 0 Å². The molecular weight excluding hydrogens is 272 g/mol. The van der Waals surface area contributed by atoms with Crippen molar-refractivity contribution in [3.63, 3.8) is 0 Å². The highest BCUT2D eigenvalue weighted by atomic mass is 35.5. The van der Waals surface area contributed by atoms with E-state index in [9.17, 15) is 4.79 Å². The number of hydrogen-bond acceptors (Lipinski definition) is 2. The first-order valence-electron chi connectivity index (χ1n) is 7.40. The number of amides is 1. The van der Waals surface area contributed by atoms with Crippen LogP contribution in [0.15, 0.2) is 30.3 Å². The highest BCUT2D eigenvalue weighted by Crippen LogP contribution is 2.24. The number of aryl methyl sites for hydroxylation is 1. The fraction of sp³-hybridized carbons (Fsp3) is 0.562. The Kier molecular flexibility index (Phi) is 5.44. The molecule has 0 spiro atoms. The Labute approximate surface area is 127 Å². The fourth-order valence-corrected chi connectivity index (χ4v) is 3.10. The van der Waals surface area contributed by atoms with Crippen molar-refractivity contribution >= 4 is 18.3 Å². The summed E-state index contributed by atoms with van der Waals surface area (Å²) in [7, 11) is 0. The molecule has 1 amide bonds. The Bertz CT molecular complexity index is 433. The molecular formula is C16H23ClN2O. The molecule has 4 heteroatoms. The smallest absolute Gasteiger partial charge is 0.228 e. The molecule has 0 bridgehead atoms. The second-order valence-corrected chi connectivity index (χ2v) is 5.71. The van der Waals surface area contributed by atoms with Crippen LogP contribution in [0.25, 0.3) is 0 Å². The molecule has 2 fully saturated rings. The van der Waals surface area contributed by atoms with Crippen LogP contribution >= 0.6 is 12.4 Å². The summed E-state index contributed by atoms with van der Waals surface area (Å²) in [5.41, 5.74) is 1.38. The second kappa shape index (κ2) is 7.09. The van der Waals surface area contributed by atoms with E-state index in [0.717, 1.165) is 32.5 Å². The van der Waals surface area contributed by atoms with E-state index in [1.54, 1.807) is 0 Å². The van der Waals surface area contributed by atoms with Gasteiger partial charge in [0.2, 0.25) is 5.91 Å². The molecule has 1 N–H and O–H groups in total. The minimum atomic E-state index is 0. The van der Waals surface area contributed by atoms with Gasteiger partial charge in [0, 0.05) is 25.7 Å². The minimum Gasteiger partial charge on any atom is -0.339 e. The maximum absolute atomic E-state index is 12.3. The largest absolute Gasteiger partial charge is 0.339 e. The molecule has 2 aliphatic heterocycles. The molecule has 1 aromatic rings. The van der Waals surface area contributed by atoms with Gasteiger partial charge in [-0.05, 0) is 31.2 Å². The molecule has 20 heavy (non-hydrogen) atoms. The van der Waals surface area contributed by atoms with Crippen molar-refractivity contribution in [2.45, 2.75) is 31.7 Å². The van der Waals surface area contributed by atoms with Crippen molar-refractivity contribution in [1.29, 1.82) is 0 Å². The van der Waals surface area contributed by atoms with Crippen LogP contribution in [0.2, 0.25) is 0 Å². The van der Waals surface area contributed by atoms with E-state index in [2.05, 4.69) is 40.5 Å². The van der Waals surface area contributed by atoms with Gasteiger partial charge in [-0.1, -0.05) is 30.3 Å². The van der Waals surface area contributed by atoms with Crippen molar-refractivity contribution in [1.82, 2.24) is 10.2 Å². The normalized spacial score (nSPS) is 22.2. The number of benzene rings is 1. The van der Waals surface area contributed by atoms with Crippen molar-refractivity contribution < 1.29 is 4.79 Å². The molecule has 1 unspecified atom stereocenters. The van der Waals surface area contributed by atoms with E-state index in [-0.39, 0.29) is 18.3 Å². The first-order valence-corrected chi connectivity index (χ1v) is 7.40. The molecule has 0 aromatic heterocycles. The average Bonchev–Trinajstić information content (AvgIpc) is 2.84. The third kappa shape index (κ3) is 3.33. The topological polar surface area (TPSA) is 32.3 Å². The lowest BCUT2D eigenvalue weighted by Gasteiger charge is -2.33. The van der Waals surface area contributed by atoms with Crippen molar-refractivity contribution in [3.05, 3.63) is 35.9 Å². The second-order valence-electron chi connectivity index (χ2n) is 5.71. The fourth-order valence-electron chi connectivity index (χ4n) is 3.10. The molecule has 1 atom stereocenters. The third-order valence-electron chi connectivity index (χ3n) is 4.40. The van der Waals surface area contributed by atoms with Crippen molar-refractivity contribution in [2.24, 2.45) is 5.92 Å². The van der Waals surface area contributed by atoms with Crippen LogP contribution in [0, 0.1) is 5.92 Å². The number of hydrogen-bond donors (Lipinski definition) is 1. The van der Waals surface area contributed by atoms with Crippen LogP contribution < -0.4 is 5.32 Å². The summed E-state index contributed by atoms with van der Waals surface area (Å²) in [6.07, 6.45) is 4.54. The Balaban J connectivity index is 0.00000147. The molecule has 0 saturated carbocycles. The summed E-state index contributed by atoms with van der Waals surface area (Å²) in [6, 6.07) is 11.1. The van der Waals surface area contributed by atoms with Crippen LogP contribution in [0.4, 0.5) is 0 Å². The van der Waals surface area contributed by atoms with Crippen LogP contribution in [0.1, 0.15) is 24.8 Å². The zero-order chi connectivity index (χ0) is 13.1. The Hall–Kier alpha value is -1.06. The van der Waals surface area contributed by atoms with Crippen LogP contribution in [0.3, 0.4) is 0 Å². The van der Waals surface area contributed by atoms with Crippen molar-refractivity contribution in [3.8, 4) is 0 Å². The van der Waals surface area contributed by atoms with Gasteiger partial charge in [0.05, 0.1) is 5.92 Å². The molecule has 0 aliphatic carbocycles. The van der Waals surface area contributed by atoms with E-state index in [4.69, 9.17) is 0 Å². The number of nitrogens with zero attached hydrogens (tertiary/aromatic N) is 1. The molecule has 2 aliphatic rings. The van der Waals surface area contributed by atoms with Crippen LogP contribution in [-0.4, -0.2) is 36.5 Å².